The number of rotatable bonds is 4. The fraction of sp³-hybridized carbons (Fsp3) is 0.318. The molecule has 1 N–H and O–H groups in total. The van der Waals surface area contributed by atoms with Gasteiger partial charge in [0.15, 0.2) is 5.78 Å². The number of aromatic amines is 1. The Morgan fingerprint density at radius 2 is 2.17 bits per heavy atom. The average Bonchev–Trinajstić information content (AvgIpc) is 2.96. The van der Waals surface area contributed by atoms with Crippen molar-refractivity contribution in [3.05, 3.63) is 72.0 Å². The van der Waals surface area contributed by atoms with Gasteiger partial charge < -0.3 is 4.98 Å². The minimum Gasteiger partial charge on any atom is -0.361 e. The molecule has 1 aromatic heterocycles. The van der Waals surface area contributed by atoms with Gasteiger partial charge in [0.2, 0.25) is 0 Å². The number of benzene rings is 1. The number of aryl methyl sites for hydroxylation is 1. The van der Waals surface area contributed by atoms with Crippen LogP contribution in [0.2, 0.25) is 0 Å². The molecule has 1 aromatic carbocycles. The van der Waals surface area contributed by atoms with Gasteiger partial charge in [-0.3, -0.25) is 4.79 Å². The molecular weight excluding hydrogens is 294 g/mol. The Hall–Kier alpha value is -2.35. The van der Waals surface area contributed by atoms with Crippen LogP contribution in [0.4, 0.5) is 0 Å². The smallest absolute Gasteiger partial charge is 0.188 e. The molecule has 124 valence electrons. The van der Waals surface area contributed by atoms with Crippen molar-refractivity contribution in [2.24, 2.45) is 0 Å². The second kappa shape index (κ2) is 7.04. The van der Waals surface area contributed by atoms with Crippen LogP contribution in [-0.4, -0.2) is 10.8 Å². The van der Waals surface area contributed by atoms with E-state index in [9.17, 15) is 4.79 Å². The third-order valence-electron chi connectivity index (χ3n) is 5.04. The summed E-state index contributed by atoms with van der Waals surface area (Å²) >= 11 is 0. The van der Waals surface area contributed by atoms with E-state index >= 15 is 0 Å². The van der Waals surface area contributed by atoms with Crippen molar-refractivity contribution in [2.75, 3.05) is 0 Å². The van der Waals surface area contributed by atoms with Gasteiger partial charge in [-0.15, -0.1) is 0 Å². The van der Waals surface area contributed by atoms with Crippen LogP contribution in [0.25, 0.3) is 10.9 Å². The summed E-state index contributed by atoms with van der Waals surface area (Å²) in [4.78, 5) is 15.7. The van der Waals surface area contributed by atoms with Crippen LogP contribution in [0.3, 0.4) is 0 Å². The second-order valence-electron chi connectivity index (χ2n) is 6.75. The lowest BCUT2D eigenvalue weighted by molar-refractivity contribution is -0.112. The molecule has 3 rings (SSSR count). The monoisotopic (exact) mass is 319 g/mol. The molecule has 1 unspecified atom stereocenters. The summed E-state index contributed by atoms with van der Waals surface area (Å²) in [5.41, 5.74) is 5.35. The molecule has 2 nitrogen and oxygen atoms in total. The fourth-order valence-electron chi connectivity index (χ4n) is 3.65. The molecule has 1 aliphatic carbocycles. The highest BCUT2D eigenvalue weighted by atomic mass is 16.1. The molecule has 0 radical (unpaired) electrons. The molecule has 0 aliphatic heterocycles. The molecule has 1 heterocycles. The molecule has 0 spiro atoms. The van der Waals surface area contributed by atoms with Gasteiger partial charge in [-0.25, -0.2) is 0 Å². The number of Topliss-reactive ketones (excluding diaryl/α,β-unsaturated/α-hetero) is 1. The summed E-state index contributed by atoms with van der Waals surface area (Å²) in [5.74, 6) is 0.613. The molecule has 1 atom stereocenters. The predicted octanol–water partition coefficient (Wildman–Crippen LogP) is 5.76. The molecule has 0 bridgehead atoms. The lowest BCUT2D eigenvalue weighted by Crippen LogP contribution is -2.08. The second-order valence-corrected chi connectivity index (χ2v) is 6.75. The highest BCUT2D eigenvalue weighted by Gasteiger charge is 2.19. The molecular formula is C22H25NO. The van der Waals surface area contributed by atoms with Crippen molar-refractivity contribution in [1.29, 1.82) is 0 Å². The van der Waals surface area contributed by atoms with Crippen molar-refractivity contribution in [3.8, 4) is 0 Å². The highest BCUT2D eigenvalue weighted by molar-refractivity contribution is 6.09. The highest BCUT2D eigenvalue weighted by Crippen LogP contribution is 2.35. The molecule has 0 fully saturated rings. The zero-order valence-electron chi connectivity index (χ0n) is 14.4. The van der Waals surface area contributed by atoms with Gasteiger partial charge >= 0.3 is 0 Å². The fourth-order valence-corrected chi connectivity index (χ4v) is 3.65. The van der Waals surface area contributed by atoms with Gasteiger partial charge in [-0.2, -0.15) is 0 Å². The maximum Gasteiger partial charge on any atom is 0.188 e. The molecule has 0 amide bonds. The van der Waals surface area contributed by atoms with E-state index in [1.165, 1.54) is 22.0 Å². The number of ketones is 1. The molecule has 0 saturated heterocycles. The first-order valence-corrected chi connectivity index (χ1v) is 8.73. The van der Waals surface area contributed by atoms with E-state index < -0.39 is 0 Å². The number of nitrogens with one attached hydrogen (secondary N) is 1. The van der Waals surface area contributed by atoms with Gasteiger partial charge in [0.25, 0.3) is 0 Å². The molecule has 1 aliphatic rings. The van der Waals surface area contributed by atoms with Crippen LogP contribution in [0.5, 0.6) is 0 Å². The lowest BCUT2D eigenvalue weighted by atomic mass is 9.84. The zero-order valence-corrected chi connectivity index (χ0v) is 14.4. The van der Waals surface area contributed by atoms with Crippen molar-refractivity contribution in [1.82, 2.24) is 4.98 Å². The largest absolute Gasteiger partial charge is 0.361 e. The first-order chi connectivity index (χ1) is 11.6. The Bertz CT molecular complexity index is 822. The number of hydrogen-bond donors (Lipinski definition) is 1. The van der Waals surface area contributed by atoms with E-state index in [1.807, 2.05) is 0 Å². The van der Waals surface area contributed by atoms with E-state index in [0.29, 0.717) is 11.5 Å². The van der Waals surface area contributed by atoms with Crippen molar-refractivity contribution in [2.45, 2.75) is 44.9 Å². The van der Waals surface area contributed by atoms with Crippen LogP contribution in [0.1, 0.15) is 49.1 Å². The van der Waals surface area contributed by atoms with E-state index in [1.54, 1.807) is 6.08 Å². The van der Waals surface area contributed by atoms with Crippen LogP contribution < -0.4 is 0 Å². The maximum atomic E-state index is 12.3. The van der Waals surface area contributed by atoms with E-state index in [-0.39, 0.29) is 5.78 Å². The Balaban J connectivity index is 1.79. The molecule has 2 heteroatoms. The molecule has 2 aromatic rings. The van der Waals surface area contributed by atoms with Crippen LogP contribution in [-0.2, 0) is 4.79 Å². The summed E-state index contributed by atoms with van der Waals surface area (Å²) < 4.78 is 0. The van der Waals surface area contributed by atoms with Gasteiger partial charge in [0.05, 0.1) is 0 Å². The van der Waals surface area contributed by atoms with Crippen LogP contribution in [0.15, 0.2) is 60.9 Å². The van der Waals surface area contributed by atoms with Crippen molar-refractivity contribution in [3.63, 3.8) is 0 Å². The van der Waals surface area contributed by atoms with Crippen molar-refractivity contribution >= 4 is 16.7 Å². The topological polar surface area (TPSA) is 32.9 Å². The third-order valence-corrected chi connectivity index (χ3v) is 5.04. The van der Waals surface area contributed by atoms with Gasteiger partial charge in [0, 0.05) is 22.7 Å². The number of fused-ring (bicyclic) bond motifs is 1. The first-order valence-electron chi connectivity index (χ1n) is 8.73. The summed E-state index contributed by atoms with van der Waals surface area (Å²) in [7, 11) is 0. The SMILES string of the molecule is C=CC(=C)C(=O)C1=CCCC(c2c[nH]c3ccc(C)cc23)CCC1. The predicted molar refractivity (Wildman–Crippen MR) is 101 cm³/mol. The third kappa shape index (κ3) is 3.28. The van der Waals surface area contributed by atoms with E-state index in [0.717, 1.165) is 37.7 Å². The first kappa shape index (κ1) is 16.5. The number of allylic oxidation sites excluding steroid dienone is 4. The van der Waals surface area contributed by atoms with Crippen LogP contribution >= 0.6 is 0 Å². The standard InChI is InChI=1S/C22H25NO/c1-4-16(3)22(24)18-9-5-7-17(8-6-10-18)20-14-23-21-12-11-15(2)13-19(20)21/h4,9,11-14,17,23H,1,3,5-8,10H2,2H3. The minimum atomic E-state index is 0.0613. The number of hydrogen-bond acceptors (Lipinski definition) is 1. The summed E-state index contributed by atoms with van der Waals surface area (Å²) in [6.07, 6.45) is 10.8. The lowest BCUT2D eigenvalue weighted by Gasteiger charge is -2.19. The Kier molecular flexibility index (Phi) is 4.84. The molecule has 0 saturated carbocycles. The molecule has 24 heavy (non-hydrogen) atoms. The van der Waals surface area contributed by atoms with Gasteiger partial charge in [-0.1, -0.05) is 36.9 Å². The van der Waals surface area contributed by atoms with E-state index in [2.05, 4.69) is 55.5 Å². The van der Waals surface area contributed by atoms with E-state index in [4.69, 9.17) is 0 Å². The number of aromatic nitrogens is 1. The summed E-state index contributed by atoms with van der Waals surface area (Å²) in [6.45, 7) is 9.58. The number of carbonyl (C=O) groups excluding carboxylic acids is 1. The number of carbonyl (C=O) groups is 1. The normalized spacial score (nSPS) is 18.5. The Morgan fingerprint density at radius 3 is 2.96 bits per heavy atom. The van der Waals surface area contributed by atoms with Crippen LogP contribution in [0, 0.1) is 6.92 Å². The quantitative estimate of drug-likeness (QED) is 0.564. The van der Waals surface area contributed by atoms with Gasteiger partial charge in [0.1, 0.15) is 0 Å². The summed E-state index contributed by atoms with van der Waals surface area (Å²) in [5, 5.41) is 1.35. The van der Waals surface area contributed by atoms with Gasteiger partial charge in [-0.05, 0) is 68.2 Å². The average molecular weight is 319 g/mol. The maximum absolute atomic E-state index is 12.3. The van der Waals surface area contributed by atoms with Crippen molar-refractivity contribution < 1.29 is 4.79 Å². The Labute approximate surface area is 144 Å². The zero-order chi connectivity index (χ0) is 17.1. The Morgan fingerprint density at radius 1 is 1.33 bits per heavy atom. The summed E-state index contributed by atoms with van der Waals surface area (Å²) in [6, 6.07) is 6.58. The number of H-pyrrole nitrogens is 1. The minimum absolute atomic E-state index is 0.0613.